The Bertz CT molecular complexity index is 690. The third-order valence-corrected chi connectivity index (χ3v) is 4.46. The van der Waals surface area contributed by atoms with Crippen LogP contribution in [0.25, 0.3) is 0 Å². The molecule has 19 heavy (non-hydrogen) atoms. The smallest absolute Gasteiger partial charge is 0.240 e. The minimum atomic E-state index is -3.53. The molecule has 0 saturated carbocycles. The highest BCUT2D eigenvalue weighted by Gasteiger charge is 2.16. The molecule has 102 valence electrons. The molecule has 0 aliphatic heterocycles. The topological polar surface area (TPSA) is 72.2 Å². The molecule has 0 amide bonds. The average Bonchev–Trinajstić information content (AvgIpc) is 2.76. The van der Waals surface area contributed by atoms with Gasteiger partial charge in [0.1, 0.15) is 5.76 Å². The van der Waals surface area contributed by atoms with E-state index in [1.165, 1.54) is 6.39 Å². The van der Waals surface area contributed by atoms with E-state index in [0.717, 1.165) is 11.1 Å². The van der Waals surface area contributed by atoms with E-state index in [1.807, 2.05) is 13.8 Å². The first-order chi connectivity index (χ1) is 8.90. The molecule has 0 unspecified atom stereocenters. The summed E-state index contributed by atoms with van der Waals surface area (Å²) in [7, 11) is -3.53. The van der Waals surface area contributed by atoms with Crippen molar-refractivity contribution in [3.05, 3.63) is 47.2 Å². The van der Waals surface area contributed by atoms with Crippen molar-refractivity contribution >= 4 is 10.0 Å². The lowest BCUT2D eigenvalue weighted by Gasteiger charge is -2.07. The van der Waals surface area contributed by atoms with Crippen LogP contribution in [0.1, 0.15) is 22.6 Å². The second-order valence-corrected chi connectivity index (χ2v) is 6.20. The van der Waals surface area contributed by atoms with E-state index in [1.54, 1.807) is 25.1 Å². The summed E-state index contributed by atoms with van der Waals surface area (Å²) in [4.78, 5) is 4.17. The number of rotatable bonds is 4. The van der Waals surface area contributed by atoms with Crippen LogP contribution in [-0.2, 0) is 16.6 Å². The summed E-state index contributed by atoms with van der Waals surface area (Å²) >= 11 is 0. The van der Waals surface area contributed by atoms with Gasteiger partial charge in [-0.1, -0.05) is 6.07 Å². The van der Waals surface area contributed by atoms with Gasteiger partial charge in [0, 0.05) is 0 Å². The minimum Gasteiger partial charge on any atom is -0.447 e. The fourth-order valence-corrected chi connectivity index (χ4v) is 2.69. The number of nitrogens with one attached hydrogen (secondary N) is 1. The van der Waals surface area contributed by atoms with Crippen LogP contribution in [0.4, 0.5) is 0 Å². The first-order valence-corrected chi connectivity index (χ1v) is 7.34. The standard InChI is InChI=1S/C13H16N2O3S/c1-9-4-5-12(6-10(9)2)19(16,17)15-7-13-11(3)14-8-18-13/h4-6,8,15H,7H2,1-3H3. The predicted molar refractivity (Wildman–Crippen MR) is 71.2 cm³/mol. The van der Waals surface area contributed by atoms with Crippen molar-refractivity contribution in [2.24, 2.45) is 0 Å². The Morgan fingerprint density at radius 3 is 2.53 bits per heavy atom. The van der Waals surface area contributed by atoms with Gasteiger partial charge in [-0.2, -0.15) is 0 Å². The molecule has 1 heterocycles. The number of sulfonamides is 1. The van der Waals surface area contributed by atoms with Crippen molar-refractivity contribution in [2.45, 2.75) is 32.2 Å². The molecule has 2 aromatic rings. The summed E-state index contributed by atoms with van der Waals surface area (Å²) < 4.78 is 31.9. The van der Waals surface area contributed by atoms with Crippen LogP contribution in [0.2, 0.25) is 0 Å². The normalized spacial score (nSPS) is 11.7. The highest BCUT2D eigenvalue weighted by atomic mass is 32.2. The molecule has 0 bridgehead atoms. The van der Waals surface area contributed by atoms with E-state index in [0.29, 0.717) is 11.5 Å². The van der Waals surface area contributed by atoms with Gasteiger partial charge in [0.15, 0.2) is 6.39 Å². The third kappa shape index (κ3) is 3.02. The lowest BCUT2D eigenvalue weighted by atomic mass is 10.1. The molecule has 0 saturated heterocycles. The first kappa shape index (κ1) is 13.8. The van der Waals surface area contributed by atoms with Gasteiger partial charge in [-0.25, -0.2) is 18.1 Å². The zero-order chi connectivity index (χ0) is 14.0. The molecule has 0 aliphatic carbocycles. The van der Waals surface area contributed by atoms with Crippen LogP contribution >= 0.6 is 0 Å². The van der Waals surface area contributed by atoms with Crippen molar-refractivity contribution in [3.8, 4) is 0 Å². The van der Waals surface area contributed by atoms with Crippen LogP contribution in [-0.4, -0.2) is 13.4 Å². The van der Waals surface area contributed by atoms with Gasteiger partial charge in [-0.15, -0.1) is 0 Å². The van der Waals surface area contributed by atoms with Crippen LogP contribution < -0.4 is 4.72 Å². The van der Waals surface area contributed by atoms with Crippen molar-refractivity contribution < 1.29 is 12.8 Å². The predicted octanol–water partition coefficient (Wildman–Crippen LogP) is 2.08. The number of hydrogen-bond donors (Lipinski definition) is 1. The Morgan fingerprint density at radius 1 is 1.21 bits per heavy atom. The Balaban J connectivity index is 2.18. The molecule has 0 spiro atoms. The van der Waals surface area contributed by atoms with Crippen molar-refractivity contribution in [1.29, 1.82) is 0 Å². The largest absolute Gasteiger partial charge is 0.447 e. The number of aryl methyl sites for hydroxylation is 3. The van der Waals surface area contributed by atoms with Gasteiger partial charge in [0.2, 0.25) is 10.0 Å². The number of nitrogens with zero attached hydrogens (tertiary/aromatic N) is 1. The Hall–Kier alpha value is -1.66. The van der Waals surface area contributed by atoms with Gasteiger partial charge in [0.05, 0.1) is 17.1 Å². The molecule has 0 radical (unpaired) electrons. The number of hydrogen-bond acceptors (Lipinski definition) is 4. The van der Waals surface area contributed by atoms with Gasteiger partial charge in [-0.3, -0.25) is 0 Å². The molecule has 2 rings (SSSR count). The summed E-state index contributed by atoms with van der Waals surface area (Å²) in [6, 6.07) is 5.05. The fourth-order valence-electron chi connectivity index (χ4n) is 1.62. The van der Waals surface area contributed by atoms with E-state index in [2.05, 4.69) is 9.71 Å². The Kier molecular flexibility index (Phi) is 3.73. The average molecular weight is 280 g/mol. The maximum absolute atomic E-state index is 12.1. The summed E-state index contributed by atoms with van der Waals surface area (Å²) in [5, 5.41) is 0. The maximum Gasteiger partial charge on any atom is 0.240 e. The summed E-state index contributed by atoms with van der Waals surface area (Å²) in [6.45, 7) is 5.69. The molecule has 6 heteroatoms. The zero-order valence-electron chi connectivity index (χ0n) is 11.1. The molecule has 0 atom stereocenters. The molecular weight excluding hydrogens is 264 g/mol. The fraction of sp³-hybridized carbons (Fsp3) is 0.308. The molecule has 1 aromatic heterocycles. The highest BCUT2D eigenvalue weighted by molar-refractivity contribution is 7.89. The molecular formula is C13H16N2O3S. The van der Waals surface area contributed by atoms with Gasteiger partial charge < -0.3 is 4.42 Å². The second kappa shape index (κ2) is 5.14. The van der Waals surface area contributed by atoms with Crippen LogP contribution in [0, 0.1) is 20.8 Å². The number of aromatic nitrogens is 1. The molecule has 1 N–H and O–H groups in total. The van der Waals surface area contributed by atoms with Gasteiger partial charge in [0.25, 0.3) is 0 Å². The summed E-state index contributed by atoms with van der Waals surface area (Å²) in [5.74, 6) is 0.521. The van der Waals surface area contributed by atoms with E-state index in [-0.39, 0.29) is 11.4 Å². The second-order valence-electron chi connectivity index (χ2n) is 4.43. The van der Waals surface area contributed by atoms with Crippen molar-refractivity contribution in [2.75, 3.05) is 0 Å². The molecule has 5 nitrogen and oxygen atoms in total. The zero-order valence-corrected chi connectivity index (χ0v) is 11.9. The van der Waals surface area contributed by atoms with Crippen molar-refractivity contribution in [1.82, 2.24) is 9.71 Å². The molecule has 0 fully saturated rings. The van der Waals surface area contributed by atoms with Crippen LogP contribution in [0.5, 0.6) is 0 Å². The van der Waals surface area contributed by atoms with E-state index in [9.17, 15) is 8.42 Å². The lowest BCUT2D eigenvalue weighted by molar-refractivity contribution is 0.492. The molecule has 0 aliphatic rings. The maximum atomic E-state index is 12.1. The Morgan fingerprint density at radius 2 is 1.95 bits per heavy atom. The monoisotopic (exact) mass is 280 g/mol. The van der Waals surface area contributed by atoms with E-state index < -0.39 is 10.0 Å². The quantitative estimate of drug-likeness (QED) is 0.930. The van der Waals surface area contributed by atoms with Gasteiger partial charge in [-0.05, 0) is 44.0 Å². The van der Waals surface area contributed by atoms with Crippen LogP contribution in [0.15, 0.2) is 33.9 Å². The Labute approximate surface area is 112 Å². The lowest BCUT2D eigenvalue weighted by Crippen LogP contribution is -2.23. The summed E-state index contributed by atoms with van der Waals surface area (Å²) in [6.07, 6.45) is 1.30. The van der Waals surface area contributed by atoms with Crippen LogP contribution in [0.3, 0.4) is 0 Å². The summed E-state index contributed by atoms with van der Waals surface area (Å²) in [5.41, 5.74) is 2.69. The highest BCUT2D eigenvalue weighted by Crippen LogP contribution is 2.15. The van der Waals surface area contributed by atoms with Gasteiger partial charge >= 0.3 is 0 Å². The number of benzene rings is 1. The molecule has 1 aromatic carbocycles. The van der Waals surface area contributed by atoms with E-state index in [4.69, 9.17) is 4.42 Å². The first-order valence-electron chi connectivity index (χ1n) is 5.86. The van der Waals surface area contributed by atoms with Crippen molar-refractivity contribution in [3.63, 3.8) is 0 Å². The SMILES string of the molecule is Cc1ccc(S(=O)(=O)NCc2ocnc2C)cc1C. The number of oxazole rings is 1. The third-order valence-electron chi connectivity index (χ3n) is 3.06. The minimum absolute atomic E-state index is 0.0983. The van der Waals surface area contributed by atoms with E-state index >= 15 is 0 Å².